The van der Waals surface area contributed by atoms with Gasteiger partial charge in [0.2, 0.25) is 0 Å². The van der Waals surface area contributed by atoms with Gasteiger partial charge in [-0.3, -0.25) is 11.3 Å². The van der Waals surface area contributed by atoms with Crippen molar-refractivity contribution in [3.05, 3.63) is 33.3 Å². The van der Waals surface area contributed by atoms with E-state index >= 15 is 0 Å². The van der Waals surface area contributed by atoms with E-state index in [1.54, 1.807) is 0 Å². The average Bonchev–Trinajstić information content (AvgIpc) is 2.34. The number of hydrogen-bond acceptors (Lipinski definition) is 3. The van der Waals surface area contributed by atoms with Crippen molar-refractivity contribution in [2.45, 2.75) is 18.9 Å². The zero-order valence-electron chi connectivity index (χ0n) is 9.46. The van der Waals surface area contributed by atoms with E-state index in [1.807, 2.05) is 18.2 Å². The fourth-order valence-corrected chi connectivity index (χ4v) is 3.19. The third-order valence-corrected chi connectivity index (χ3v) is 4.07. The molecule has 0 radical (unpaired) electrons. The minimum atomic E-state index is 0.0990. The highest BCUT2D eigenvalue weighted by Crippen LogP contribution is 2.33. The first kappa shape index (κ1) is 13.3. The summed E-state index contributed by atoms with van der Waals surface area (Å²) in [4.78, 5) is 0. The Morgan fingerprint density at radius 3 is 2.94 bits per heavy atom. The van der Waals surface area contributed by atoms with Crippen LogP contribution >= 0.6 is 27.5 Å². The molecule has 1 aliphatic rings. The Bertz CT molecular complexity index is 383. The van der Waals surface area contributed by atoms with E-state index in [-0.39, 0.29) is 6.04 Å². The van der Waals surface area contributed by atoms with Crippen LogP contribution in [0.25, 0.3) is 0 Å². The van der Waals surface area contributed by atoms with Gasteiger partial charge in [-0.25, -0.2) is 0 Å². The van der Waals surface area contributed by atoms with Gasteiger partial charge in [-0.15, -0.1) is 0 Å². The monoisotopic (exact) mass is 318 g/mol. The SMILES string of the molecule is NNC(c1ccc(Cl)cc1Br)C1CCCOC1. The molecule has 94 valence electrons. The van der Waals surface area contributed by atoms with E-state index in [0.29, 0.717) is 5.92 Å². The molecule has 0 amide bonds. The van der Waals surface area contributed by atoms with Gasteiger partial charge >= 0.3 is 0 Å². The fraction of sp³-hybridized carbons (Fsp3) is 0.500. The zero-order valence-corrected chi connectivity index (χ0v) is 11.8. The molecule has 1 aliphatic heterocycles. The number of nitrogens with one attached hydrogen (secondary N) is 1. The predicted octanol–water partition coefficient (Wildman–Crippen LogP) is 3.03. The van der Waals surface area contributed by atoms with E-state index in [4.69, 9.17) is 22.2 Å². The summed E-state index contributed by atoms with van der Waals surface area (Å²) in [6.07, 6.45) is 2.22. The van der Waals surface area contributed by atoms with Crippen molar-refractivity contribution in [1.82, 2.24) is 5.43 Å². The quantitative estimate of drug-likeness (QED) is 0.665. The second-order valence-electron chi connectivity index (χ2n) is 4.29. The molecule has 0 aliphatic carbocycles. The molecule has 5 heteroatoms. The third kappa shape index (κ3) is 3.20. The van der Waals surface area contributed by atoms with Crippen molar-refractivity contribution in [3.8, 4) is 0 Å². The van der Waals surface area contributed by atoms with Crippen molar-refractivity contribution in [3.63, 3.8) is 0 Å². The summed E-state index contributed by atoms with van der Waals surface area (Å²) >= 11 is 9.48. The van der Waals surface area contributed by atoms with Gasteiger partial charge in [0, 0.05) is 22.0 Å². The van der Waals surface area contributed by atoms with E-state index in [0.717, 1.165) is 41.1 Å². The molecule has 2 unspecified atom stereocenters. The number of nitrogens with two attached hydrogens (primary N) is 1. The Morgan fingerprint density at radius 2 is 2.35 bits per heavy atom. The molecule has 17 heavy (non-hydrogen) atoms. The Hall–Kier alpha value is -0.130. The average molecular weight is 320 g/mol. The van der Waals surface area contributed by atoms with Gasteiger partial charge in [-0.2, -0.15) is 0 Å². The van der Waals surface area contributed by atoms with E-state index < -0.39 is 0 Å². The minimum absolute atomic E-state index is 0.0990. The molecular weight excluding hydrogens is 304 g/mol. The van der Waals surface area contributed by atoms with Crippen LogP contribution in [0.5, 0.6) is 0 Å². The van der Waals surface area contributed by atoms with Gasteiger partial charge in [0.15, 0.2) is 0 Å². The number of hydrogen-bond donors (Lipinski definition) is 2. The smallest absolute Gasteiger partial charge is 0.0521 e. The normalized spacial score (nSPS) is 22.4. The van der Waals surface area contributed by atoms with Crippen LogP contribution < -0.4 is 11.3 Å². The lowest BCUT2D eigenvalue weighted by molar-refractivity contribution is 0.0389. The highest BCUT2D eigenvalue weighted by molar-refractivity contribution is 9.10. The van der Waals surface area contributed by atoms with Crippen molar-refractivity contribution in [2.75, 3.05) is 13.2 Å². The Labute approximate surface area is 115 Å². The Kier molecular flexibility index (Phi) is 4.82. The van der Waals surface area contributed by atoms with Gasteiger partial charge < -0.3 is 4.74 Å². The highest BCUT2D eigenvalue weighted by Gasteiger charge is 2.26. The molecule has 1 saturated heterocycles. The number of benzene rings is 1. The molecule has 1 aromatic carbocycles. The maximum atomic E-state index is 5.94. The summed E-state index contributed by atoms with van der Waals surface area (Å²) in [7, 11) is 0. The van der Waals surface area contributed by atoms with E-state index in [9.17, 15) is 0 Å². The fourth-order valence-electron chi connectivity index (χ4n) is 2.26. The maximum Gasteiger partial charge on any atom is 0.0521 e. The number of hydrazine groups is 1. The molecule has 3 N–H and O–H groups in total. The molecule has 2 rings (SSSR count). The predicted molar refractivity (Wildman–Crippen MR) is 72.8 cm³/mol. The van der Waals surface area contributed by atoms with Crippen LogP contribution in [-0.4, -0.2) is 13.2 Å². The first-order valence-electron chi connectivity index (χ1n) is 5.71. The molecule has 1 heterocycles. The summed E-state index contributed by atoms with van der Waals surface area (Å²) < 4.78 is 6.50. The first-order chi connectivity index (χ1) is 8.22. The van der Waals surface area contributed by atoms with Gasteiger partial charge in [0.05, 0.1) is 12.6 Å². The van der Waals surface area contributed by atoms with Crippen molar-refractivity contribution >= 4 is 27.5 Å². The van der Waals surface area contributed by atoms with Crippen molar-refractivity contribution in [2.24, 2.45) is 11.8 Å². The van der Waals surface area contributed by atoms with Gasteiger partial charge in [-0.1, -0.05) is 33.6 Å². The van der Waals surface area contributed by atoms with Crippen LogP contribution in [0, 0.1) is 5.92 Å². The molecule has 0 aromatic heterocycles. The minimum Gasteiger partial charge on any atom is -0.381 e. The molecule has 2 atom stereocenters. The van der Waals surface area contributed by atoms with Gasteiger partial charge in [0.1, 0.15) is 0 Å². The second kappa shape index (κ2) is 6.16. The molecular formula is C12H16BrClN2O. The van der Waals surface area contributed by atoms with Crippen LogP contribution in [0.4, 0.5) is 0 Å². The summed E-state index contributed by atoms with van der Waals surface area (Å²) in [6.45, 7) is 1.61. The third-order valence-electron chi connectivity index (χ3n) is 3.14. The molecule has 3 nitrogen and oxygen atoms in total. The highest BCUT2D eigenvalue weighted by atomic mass is 79.9. The van der Waals surface area contributed by atoms with Crippen LogP contribution in [0.3, 0.4) is 0 Å². The number of ether oxygens (including phenoxy) is 1. The van der Waals surface area contributed by atoms with Crippen LogP contribution in [-0.2, 0) is 4.74 Å². The molecule has 1 aromatic rings. The standard InChI is InChI=1S/C12H16BrClN2O/c13-11-6-9(14)3-4-10(11)12(16-15)8-2-1-5-17-7-8/h3-4,6,8,12,16H,1-2,5,7,15H2. The Morgan fingerprint density at radius 1 is 1.53 bits per heavy atom. The number of rotatable bonds is 3. The summed E-state index contributed by atoms with van der Waals surface area (Å²) in [5, 5.41) is 0.719. The van der Waals surface area contributed by atoms with Crippen molar-refractivity contribution in [1.29, 1.82) is 0 Å². The molecule has 0 bridgehead atoms. The lowest BCUT2D eigenvalue weighted by Crippen LogP contribution is -2.37. The van der Waals surface area contributed by atoms with Gasteiger partial charge in [-0.05, 0) is 30.5 Å². The largest absolute Gasteiger partial charge is 0.381 e. The van der Waals surface area contributed by atoms with E-state index in [1.165, 1.54) is 0 Å². The molecule has 0 saturated carbocycles. The summed E-state index contributed by atoms with van der Waals surface area (Å²) in [5.74, 6) is 6.09. The van der Waals surface area contributed by atoms with E-state index in [2.05, 4.69) is 21.4 Å². The van der Waals surface area contributed by atoms with Crippen LogP contribution in [0.2, 0.25) is 5.02 Å². The van der Waals surface area contributed by atoms with Crippen LogP contribution in [0.1, 0.15) is 24.4 Å². The molecule has 0 spiro atoms. The topological polar surface area (TPSA) is 47.3 Å². The Balaban J connectivity index is 2.21. The van der Waals surface area contributed by atoms with Gasteiger partial charge in [0.25, 0.3) is 0 Å². The molecule has 1 fully saturated rings. The van der Waals surface area contributed by atoms with Crippen LogP contribution in [0.15, 0.2) is 22.7 Å². The number of halogens is 2. The summed E-state index contributed by atoms with van der Waals surface area (Å²) in [6, 6.07) is 5.88. The zero-order chi connectivity index (χ0) is 12.3. The maximum absolute atomic E-state index is 5.94. The van der Waals surface area contributed by atoms with Crippen molar-refractivity contribution < 1.29 is 4.74 Å². The summed E-state index contributed by atoms with van der Waals surface area (Å²) in [5.41, 5.74) is 4.03. The lowest BCUT2D eigenvalue weighted by Gasteiger charge is -2.30. The lowest BCUT2D eigenvalue weighted by atomic mass is 9.89. The second-order valence-corrected chi connectivity index (χ2v) is 5.58. The first-order valence-corrected chi connectivity index (χ1v) is 6.88.